The maximum absolute atomic E-state index is 12.2. The summed E-state index contributed by atoms with van der Waals surface area (Å²) in [6.45, 7) is 1.25. The predicted molar refractivity (Wildman–Crippen MR) is 93.6 cm³/mol. The predicted octanol–water partition coefficient (Wildman–Crippen LogP) is 1.98. The molecule has 2 fully saturated rings. The highest BCUT2D eigenvalue weighted by atomic mass is 16.5. The molecule has 0 spiro atoms. The summed E-state index contributed by atoms with van der Waals surface area (Å²) < 4.78 is 10.6. The second-order valence-electron chi connectivity index (χ2n) is 6.83. The molecule has 2 amide bonds. The largest absolute Gasteiger partial charge is 0.497 e. The summed E-state index contributed by atoms with van der Waals surface area (Å²) in [6.07, 6.45) is 5.22. The zero-order valence-electron chi connectivity index (χ0n) is 14.7. The minimum Gasteiger partial charge on any atom is -0.497 e. The van der Waals surface area contributed by atoms with Crippen LogP contribution in [0.5, 0.6) is 11.5 Å². The highest BCUT2D eigenvalue weighted by molar-refractivity contribution is 5.80. The van der Waals surface area contributed by atoms with Crippen LogP contribution in [-0.2, 0) is 9.59 Å². The molecule has 1 N–H and O–H groups in total. The first kappa shape index (κ1) is 17.6. The molecular weight excluding hydrogens is 320 g/mol. The molecule has 136 valence electrons. The Morgan fingerprint density at radius 2 is 2.04 bits per heavy atom. The Labute approximate surface area is 148 Å². The normalized spacial score (nSPS) is 20.8. The van der Waals surface area contributed by atoms with E-state index in [0.717, 1.165) is 19.4 Å². The van der Waals surface area contributed by atoms with Gasteiger partial charge in [-0.1, -0.05) is 18.9 Å². The second kappa shape index (κ2) is 8.23. The quantitative estimate of drug-likeness (QED) is 0.820. The number of carbonyl (C=O) groups excluding carboxylic acids is 2. The average Bonchev–Trinajstić information content (AvgIpc) is 3.27. The summed E-state index contributed by atoms with van der Waals surface area (Å²) in [5, 5.41) is 2.88. The fourth-order valence-electron chi connectivity index (χ4n) is 3.66. The first-order valence-corrected chi connectivity index (χ1v) is 8.98. The van der Waals surface area contributed by atoms with Crippen LogP contribution in [-0.4, -0.2) is 49.6 Å². The molecule has 1 saturated carbocycles. The van der Waals surface area contributed by atoms with E-state index < -0.39 is 0 Å². The highest BCUT2D eigenvalue weighted by Gasteiger charge is 2.35. The highest BCUT2D eigenvalue weighted by Crippen LogP contribution is 2.29. The smallest absolute Gasteiger partial charge is 0.257 e. The fourth-order valence-corrected chi connectivity index (χ4v) is 3.66. The molecule has 1 aliphatic carbocycles. The summed E-state index contributed by atoms with van der Waals surface area (Å²) >= 11 is 0. The van der Waals surface area contributed by atoms with Gasteiger partial charge in [-0.2, -0.15) is 0 Å². The Hall–Kier alpha value is -2.24. The van der Waals surface area contributed by atoms with Gasteiger partial charge in [0.05, 0.1) is 7.11 Å². The first-order chi connectivity index (χ1) is 12.2. The van der Waals surface area contributed by atoms with Crippen LogP contribution >= 0.6 is 0 Å². The molecule has 1 aromatic carbocycles. The molecular formula is C19H26N2O4. The fraction of sp³-hybridized carbons (Fsp3) is 0.579. The molecule has 3 rings (SSSR count). The number of hydrogen-bond acceptors (Lipinski definition) is 4. The molecule has 1 atom stereocenters. The van der Waals surface area contributed by atoms with Crippen LogP contribution in [0.15, 0.2) is 24.3 Å². The lowest BCUT2D eigenvalue weighted by Crippen LogP contribution is -2.36. The van der Waals surface area contributed by atoms with E-state index in [1.165, 1.54) is 12.8 Å². The van der Waals surface area contributed by atoms with Gasteiger partial charge in [-0.05, 0) is 25.0 Å². The minimum absolute atomic E-state index is 0.0415. The van der Waals surface area contributed by atoms with Crippen molar-refractivity contribution in [1.82, 2.24) is 10.2 Å². The van der Waals surface area contributed by atoms with Crippen LogP contribution in [0.4, 0.5) is 0 Å². The van der Waals surface area contributed by atoms with Crippen molar-refractivity contribution in [2.24, 2.45) is 5.92 Å². The van der Waals surface area contributed by atoms with E-state index in [0.29, 0.717) is 30.5 Å². The van der Waals surface area contributed by atoms with Gasteiger partial charge in [0.15, 0.2) is 6.61 Å². The monoisotopic (exact) mass is 346 g/mol. The summed E-state index contributed by atoms with van der Waals surface area (Å²) in [4.78, 5) is 26.2. The molecule has 1 aromatic rings. The van der Waals surface area contributed by atoms with E-state index in [1.54, 1.807) is 19.2 Å². The van der Waals surface area contributed by atoms with Gasteiger partial charge in [-0.15, -0.1) is 0 Å². The minimum atomic E-state index is -0.172. The van der Waals surface area contributed by atoms with E-state index in [4.69, 9.17) is 9.47 Å². The standard InChI is InChI=1S/C19H26N2O4/c1-24-16-7-4-8-17(10-16)25-13-18(22)20-11-14-9-19(23)21(12-14)15-5-2-3-6-15/h4,7-8,10,14-15H,2-3,5-6,9,11-13H2,1H3,(H,20,22)/t14-/m1/s1. The van der Waals surface area contributed by atoms with Crippen LogP contribution < -0.4 is 14.8 Å². The molecule has 0 aromatic heterocycles. The Morgan fingerprint density at radius 1 is 1.28 bits per heavy atom. The molecule has 0 radical (unpaired) electrons. The van der Waals surface area contributed by atoms with Crippen molar-refractivity contribution in [2.75, 3.05) is 26.8 Å². The Morgan fingerprint density at radius 3 is 2.80 bits per heavy atom. The lowest BCUT2D eigenvalue weighted by atomic mass is 10.1. The van der Waals surface area contributed by atoms with Crippen molar-refractivity contribution in [3.8, 4) is 11.5 Å². The lowest BCUT2D eigenvalue weighted by Gasteiger charge is -2.24. The third-order valence-electron chi connectivity index (χ3n) is 5.00. The number of benzene rings is 1. The Kier molecular flexibility index (Phi) is 5.79. The van der Waals surface area contributed by atoms with Crippen LogP contribution in [0, 0.1) is 5.92 Å². The second-order valence-corrected chi connectivity index (χ2v) is 6.83. The zero-order chi connectivity index (χ0) is 17.6. The van der Waals surface area contributed by atoms with E-state index in [1.807, 2.05) is 17.0 Å². The van der Waals surface area contributed by atoms with Gasteiger partial charge in [0, 0.05) is 37.5 Å². The average molecular weight is 346 g/mol. The number of methoxy groups -OCH3 is 1. The summed E-state index contributed by atoms with van der Waals surface area (Å²) in [7, 11) is 1.59. The molecule has 0 bridgehead atoms. The summed E-state index contributed by atoms with van der Waals surface area (Å²) in [5.74, 6) is 1.55. The summed E-state index contributed by atoms with van der Waals surface area (Å²) in [6, 6.07) is 7.57. The molecule has 6 nitrogen and oxygen atoms in total. The number of nitrogens with one attached hydrogen (secondary N) is 1. The molecule has 6 heteroatoms. The lowest BCUT2D eigenvalue weighted by molar-refractivity contribution is -0.129. The Bertz CT molecular complexity index is 613. The number of hydrogen-bond donors (Lipinski definition) is 1. The van der Waals surface area contributed by atoms with Crippen LogP contribution in [0.3, 0.4) is 0 Å². The summed E-state index contributed by atoms with van der Waals surface area (Å²) in [5.41, 5.74) is 0. The third-order valence-corrected chi connectivity index (χ3v) is 5.00. The number of rotatable bonds is 7. The van der Waals surface area contributed by atoms with Crippen molar-refractivity contribution in [3.63, 3.8) is 0 Å². The number of likely N-dealkylation sites (tertiary alicyclic amines) is 1. The molecule has 2 aliphatic rings. The number of amides is 2. The molecule has 1 saturated heterocycles. The van der Waals surface area contributed by atoms with Crippen molar-refractivity contribution in [2.45, 2.75) is 38.1 Å². The number of ether oxygens (including phenoxy) is 2. The Balaban J connectivity index is 1.39. The molecule has 25 heavy (non-hydrogen) atoms. The van der Waals surface area contributed by atoms with Gasteiger partial charge in [0.1, 0.15) is 11.5 Å². The van der Waals surface area contributed by atoms with Gasteiger partial charge < -0.3 is 19.7 Å². The zero-order valence-corrected chi connectivity index (χ0v) is 14.7. The van der Waals surface area contributed by atoms with Gasteiger partial charge in [0.25, 0.3) is 5.91 Å². The maximum Gasteiger partial charge on any atom is 0.257 e. The van der Waals surface area contributed by atoms with Crippen molar-refractivity contribution in [3.05, 3.63) is 24.3 Å². The van der Waals surface area contributed by atoms with Gasteiger partial charge in [-0.3, -0.25) is 9.59 Å². The molecule has 0 unspecified atom stereocenters. The van der Waals surface area contributed by atoms with Gasteiger partial charge in [-0.25, -0.2) is 0 Å². The number of nitrogens with zero attached hydrogens (tertiary/aromatic N) is 1. The van der Waals surface area contributed by atoms with Crippen LogP contribution in [0.2, 0.25) is 0 Å². The molecule has 1 heterocycles. The van der Waals surface area contributed by atoms with Crippen LogP contribution in [0.25, 0.3) is 0 Å². The van der Waals surface area contributed by atoms with Crippen molar-refractivity contribution in [1.29, 1.82) is 0 Å². The van der Waals surface area contributed by atoms with Gasteiger partial charge >= 0.3 is 0 Å². The van der Waals surface area contributed by atoms with E-state index in [-0.39, 0.29) is 24.3 Å². The SMILES string of the molecule is COc1cccc(OCC(=O)NC[C@H]2CC(=O)N(C3CCCC3)C2)c1. The van der Waals surface area contributed by atoms with E-state index in [2.05, 4.69) is 5.32 Å². The number of carbonyl (C=O) groups is 2. The van der Waals surface area contributed by atoms with Gasteiger partial charge in [0.2, 0.25) is 5.91 Å². The van der Waals surface area contributed by atoms with Crippen LogP contribution in [0.1, 0.15) is 32.1 Å². The molecule has 1 aliphatic heterocycles. The van der Waals surface area contributed by atoms with E-state index in [9.17, 15) is 9.59 Å². The topological polar surface area (TPSA) is 67.9 Å². The first-order valence-electron chi connectivity index (χ1n) is 8.98. The van der Waals surface area contributed by atoms with E-state index >= 15 is 0 Å². The third kappa shape index (κ3) is 4.65. The van der Waals surface area contributed by atoms with Crippen molar-refractivity contribution < 1.29 is 19.1 Å². The maximum atomic E-state index is 12.2. The van der Waals surface area contributed by atoms with Crippen molar-refractivity contribution >= 4 is 11.8 Å².